The third-order valence-electron chi connectivity index (χ3n) is 1.47. The van der Waals surface area contributed by atoms with Gasteiger partial charge in [-0.1, -0.05) is 23.2 Å². The molecule has 0 radical (unpaired) electrons. The topological polar surface area (TPSA) is 81.4 Å². The summed E-state index contributed by atoms with van der Waals surface area (Å²) in [7, 11) is 0. The molecule has 0 fully saturated rings. The molecule has 0 spiro atoms. The zero-order valence-electron chi connectivity index (χ0n) is 8.00. The number of ether oxygens (including phenoxy) is 1. The Bertz CT molecular complexity index is 403. The van der Waals surface area contributed by atoms with Gasteiger partial charge in [0.2, 0.25) is 0 Å². The van der Waals surface area contributed by atoms with Crippen molar-refractivity contribution in [1.82, 2.24) is 5.32 Å². The third kappa shape index (κ3) is 4.37. The Morgan fingerprint density at radius 1 is 1.25 bits per heavy atom. The number of hydrogen-bond donors (Lipinski definition) is 2. The van der Waals surface area contributed by atoms with Crippen LogP contribution in [0.5, 0.6) is 5.75 Å². The first-order valence-electron chi connectivity index (χ1n) is 4.15. The number of benzene rings is 1. The van der Waals surface area contributed by atoms with E-state index in [0.717, 1.165) is 0 Å². The molecule has 0 saturated heterocycles. The standard InChI is InChI=1S/C9H8Cl2N2O3/c10-5-1-6(11)3-7(2-5)16-4-8(14)13-9(12)15/h1-3H,4H2,(H3,12,13,14,15). The van der Waals surface area contributed by atoms with E-state index in [1.807, 2.05) is 5.32 Å². The SMILES string of the molecule is NC(=O)NC(=O)COc1cc(Cl)cc(Cl)c1. The second-order valence-corrected chi connectivity index (χ2v) is 3.68. The fourth-order valence-corrected chi connectivity index (χ4v) is 1.44. The Balaban J connectivity index is 2.54. The van der Waals surface area contributed by atoms with E-state index in [1.54, 1.807) is 0 Å². The number of carbonyl (C=O) groups is 2. The minimum absolute atomic E-state index is 0.331. The normalized spacial score (nSPS) is 9.62. The lowest BCUT2D eigenvalue weighted by Gasteiger charge is -2.06. The van der Waals surface area contributed by atoms with Crippen molar-refractivity contribution in [1.29, 1.82) is 0 Å². The molecule has 0 heterocycles. The molecule has 0 atom stereocenters. The van der Waals surface area contributed by atoms with Gasteiger partial charge in [0, 0.05) is 10.0 Å². The van der Waals surface area contributed by atoms with Crippen LogP contribution >= 0.6 is 23.2 Å². The summed E-state index contributed by atoms with van der Waals surface area (Å²) in [6.07, 6.45) is 0. The molecule has 0 saturated carbocycles. The molecule has 0 aliphatic rings. The lowest BCUT2D eigenvalue weighted by Crippen LogP contribution is -2.38. The predicted molar refractivity (Wildman–Crippen MR) is 59.7 cm³/mol. The molecule has 3 amide bonds. The summed E-state index contributed by atoms with van der Waals surface area (Å²) in [5, 5.41) is 2.62. The van der Waals surface area contributed by atoms with Gasteiger partial charge in [0.05, 0.1) is 0 Å². The Labute approximate surface area is 101 Å². The molecule has 5 nitrogen and oxygen atoms in total. The smallest absolute Gasteiger partial charge is 0.318 e. The summed E-state index contributed by atoms with van der Waals surface area (Å²) >= 11 is 11.4. The Morgan fingerprint density at radius 3 is 2.31 bits per heavy atom. The van der Waals surface area contributed by atoms with Gasteiger partial charge in [-0.05, 0) is 18.2 Å². The molecule has 0 unspecified atom stereocenters. The highest BCUT2D eigenvalue weighted by Gasteiger charge is 2.06. The highest BCUT2D eigenvalue weighted by Crippen LogP contribution is 2.23. The van der Waals surface area contributed by atoms with Gasteiger partial charge in [-0.25, -0.2) is 4.79 Å². The number of amides is 3. The lowest BCUT2D eigenvalue weighted by molar-refractivity contribution is -0.121. The van der Waals surface area contributed by atoms with Crippen LogP contribution < -0.4 is 15.8 Å². The summed E-state index contributed by atoms with van der Waals surface area (Å²) < 4.78 is 5.04. The van der Waals surface area contributed by atoms with Crippen LogP contribution in [0.2, 0.25) is 10.0 Å². The van der Waals surface area contributed by atoms with Crippen molar-refractivity contribution in [3.05, 3.63) is 28.2 Å². The quantitative estimate of drug-likeness (QED) is 0.868. The van der Waals surface area contributed by atoms with Crippen molar-refractivity contribution in [2.75, 3.05) is 6.61 Å². The molecule has 1 rings (SSSR count). The second kappa shape index (κ2) is 5.58. The Morgan fingerprint density at radius 2 is 1.81 bits per heavy atom. The van der Waals surface area contributed by atoms with E-state index in [-0.39, 0.29) is 6.61 Å². The summed E-state index contributed by atoms with van der Waals surface area (Å²) in [5.74, 6) is -0.319. The van der Waals surface area contributed by atoms with E-state index in [1.165, 1.54) is 18.2 Å². The molecule has 7 heteroatoms. The van der Waals surface area contributed by atoms with E-state index in [2.05, 4.69) is 0 Å². The number of halogens is 2. The number of urea groups is 1. The average Bonchev–Trinajstić information content (AvgIpc) is 2.12. The number of primary amides is 1. The third-order valence-corrected chi connectivity index (χ3v) is 1.91. The van der Waals surface area contributed by atoms with E-state index < -0.39 is 11.9 Å². The fourth-order valence-electron chi connectivity index (χ4n) is 0.934. The van der Waals surface area contributed by atoms with Crippen molar-refractivity contribution >= 4 is 35.1 Å². The van der Waals surface area contributed by atoms with Gasteiger partial charge >= 0.3 is 6.03 Å². The number of imide groups is 1. The molecule has 0 aromatic heterocycles. The average molecular weight is 263 g/mol. The maximum Gasteiger partial charge on any atom is 0.318 e. The number of rotatable bonds is 3. The lowest BCUT2D eigenvalue weighted by atomic mass is 10.3. The molecule has 0 bridgehead atoms. The van der Waals surface area contributed by atoms with E-state index in [0.29, 0.717) is 15.8 Å². The monoisotopic (exact) mass is 262 g/mol. The van der Waals surface area contributed by atoms with E-state index in [9.17, 15) is 9.59 Å². The van der Waals surface area contributed by atoms with Crippen LogP contribution in [0, 0.1) is 0 Å². The van der Waals surface area contributed by atoms with Crippen LogP contribution in [0.25, 0.3) is 0 Å². The van der Waals surface area contributed by atoms with Crippen molar-refractivity contribution in [3.63, 3.8) is 0 Å². The first-order valence-corrected chi connectivity index (χ1v) is 4.91. The largest absolute Gasteiger partial charge is 0.484 e. The van der Waals surface area contributed by atoms with Gasteiger partial charge < -0.3 is 10.5 Å². The van der Waals surface area contributed by atoms with Crippen LogP contribution in [0.15, 0.2) is 18.2 Å². The van der Waals surface area contributed by atoms with E-state index in [4.69, 9.17) is 33.7 Å². The minimum Gasteiger partial charge on any atom is -0.484 e. The van der Waals surface area contributed by atoms with Crippen molar-refractivity contribution < 1.29 is 14.3 Å². The Hall–Kier alpha value is -1.46. The molecule has 1 aromatic carbocycles. The van der Waals surface area contributed by atoms with Gasteiger partial charge in [-0.15, -0.1) is 0 Å². The summed E-state index contributed by atoms with van der Waals surface area (Å²) in [6, 6.07) is 3.58. The zero-order chi connectivity index (χ0) is 12.1. The number of carbonyl (C=O) groups excluding carboxylic acids is 2. The van der Waals surface area contributed by atoms with E-state index >= 15 is 0 Å². The summed E-state index contributed by atoms with van der Waals surface area (Å²) in [6.45, 7) is -0.348. The summed E-state index contributed by atoms with van der Waals surface area (Å²) in [4.78, 5) is 21.3. The second-order valence-electron chi connectivity index (χ2n) is 2.81. The maximum absolute atomic E-state index is 11.0. The molecule has 0 aliphatic carbocycles. The van der Waals surface area contributed by atoms with Crippen LogP contribution in [-0.4, -0.2) is 18.5 Å². The molecular formula is C9H8Cl2N2O3. The van der Waals surface area contributed by atoms with Crippen LogP contribution in [0.1, 0.15) is 0 Å². The van der Waals surface area contributed by atoms with Crippen LogP contribution in [0.3, 0.4) is 0 Å². The maximum atomic E-state index is 11.0. The van der Waals surface area contributed by atoms with Crippen molar-refractivity contribution in [2.45, 2.75) is 0 Å². The molecule has 16 heavy (non-hydrogen) atoms. The number of nitrogens with two attached hydrogens (primary N) is 1. The highest BCUT2D eigenvalue weighted by atomic mass is 35.5. The number of nitrogens with one attached hydrogen (secondary N) is 1. The zero-order valence-corrected chi connectivity index (χ0v) is 9.51. The van der Waals surface area contributed by atoms with Crippen molar-refractivity contribution in [2.24, 2.45) is 5.73 Å². The van der Waals surface area contributed by atoms with Crippen LogP contribution in [0.4, 0.5) is 4.79 Å². The first kappa shape index (κ1) is 12.6. The van der Waals surface area contributed by atoms with Gasteiger partial charge in [0.1, 0.15) is 5.75 Å². The van der Waals surface area contributed by atoms with Crippen molar-refractivity contribution in [3.8, 4) is 5.75 Å². The van der Waals surface area contributed by atoms with Gasteiger partial charge in [-0.3, -0.25) is 10.1 Å². The Kier molecular flexibility index (Phi) is 4.39. The number of hydrogen-bond acceptors (Lipinski definition) is 3. The predicted octanol–water partition coefficient (Wildman–Crippen LogP) is 1.57. The molecule has 0 aliphatic heterocycles. The molecule has 1 aromatic rings. The molecule has 3 N–H and O–H groups in total. The minimum atomic E-state index is -0.933. The molecular weight excluding hydrogens is 255 g/mol. The highest BCUT2D eigenvalue weighted by molar-refractivity contribution is 6.34. The van der Waals surface area contributed by atoms with Crippen LogP contribution in [-0.2, 0) is 4.79 Å². The fraction of sp³-hybridized carbons (Fsp3) is 0.111. The van der Waals surface area contributed by atoms with Gasteiger partial charge in [-0.2, -0.15) is 0 Å². The summed E-state index contributed by atoms with van der Waals surface area (Å²) in [5.41, 5.74) is 4.74. The van der Waals surface area contributed by atoms with Gasteiger partial charge in [0.15, 0.2) is 6.61 Å². The molecule has 86 valence electrons. The first-order chi connectivity index (χ1) is 7.47. The van der Waals surface area contributed by atoms with Gasteiger partial charge in [0.25, 0.3) is 5.91 Å².